The highest BCUT2D eigenvalue weighted by atomic mass is 16.6. The number of aromatic nitrogens is 4. The number of imidazole rings is 1. The summed E-state index contributed by atoms with van der Waals surface area (Å²) < 4.78 is 8.47. The first-order valence-electron chi connectivity index (χ1n) is 9.22. The number of ether oxygens (including phenoxy) is 1. The summed E-state index contributed by atoms with van der Waals surface area (Å²) in [6.07, 6.45) is 6.10. The van der Waals surface area contributed by atoms with Crippen molar-refractivity contribution in [3.63, 3.8) is 0 Å². The zero-order valence-electron chi connectivity index (χ0n) is 16.4. The largest absolute Gasteiger partial charge is 0.443 e. The summed E-state index contributed by atoms with van der Waals surface area (Å²) in [7, 11) is 0. The van der Waals surface area contributed by atoms with Crippen molar-refractivity contribution in [1.82, 2.24) is 19.3 Å². The van der Waals surface area contributed by atoms with Gasteiger partial charge in [0.1, 0.15) is 11.9 Å². The number of hydrogen-bond acceptors (Lipinski definition) is 5. The van der Waals surface area contributed by atoms with Crippen LogP contribution in [0.3, 0.4) is 0 Å². The number of carbonyl (C=O) groups is 2. The highest BCUT2D eigenvalue weighted by Gasteiger charge is 2.45. The zero-order valence-corrected chi connectivity index (χ0v) is 16.4. The molecule has 0 atom stereocenters. The Balaban J connectivity index is 1.79. The predicted octanol–water partition coefficient (Wildman–Crippen LogP) is 3.74. The number of anilines is 1. The van der Waals surface area contributed by atoms with Crippen LogP contribution in [0.4, 0.5) is 10.5 Å². The van der Waals surface area contributed by atoms with Crippen LogP contribution in [0, 0.1) is 5.41 Å². The van der Waals surface area contributed by atoms with E-state index in [1.54, 1.807) is 35.3 Å². The summed E-state index contributed by atoms with van der Waals surface area (Å²) in [6.45, 7) is 7.37. The van der Waals surface area contributed by atoms with Crippen LogP contribution in [-0.4, -0.2) is 36.9 Å². The Labute approximate surface area is 162 Å². The smallest absolute Gasteiger partial charge is 0.420 e. The second-order valence-corrected chi connectivity index (χ2v) is 8.42. The summed E-state index contributed by atoms with van der Waals surface area (Å²) in [6, 6.07) is 5.35. The van der Waals surface area contributed by atoms with E-state index in [0.717, 1.165) is 12.8 Å². The fourth-order valence-electron chi connectivity index (χ4n) is 2.89. The average molecular weight is 381 g/mol. The van der Waals surface area contributed by atoms with Crippen molar-refractivity contribution in [1.29, 1.82) is 0 Å². The molecule has 8 heteroatoms. The van der Waals surface area contributed by atoms with Crippen molar-refractivity contribution in [2.45, 2.75) is 46.1 Å². The summed E-state index contributed by atoms with van der Waals surface area (Å²) >= 11 is 0. The molecule has 28 heavy (non-hydrogen) atoms. The van der Waals surface area contributed by atoms with Gasteiger partial charge in [-0.3, -0.25) is 4.79 Å². The van der Waals surface area contributed by atoms with Crippen molar-refractivity contribution in [3.8, 4) is 5.69 Å². The van der Waals surface area contributed by atoms with Gasteiger partial charge in [0.25, 0.3) is 0 Å². The van der Waals surface area contributed by atoms with E-state index in [1.807, 2.05) is 27.7 Å². The molecule has 0 bridgehead atoms. The van der Waals surface area contributed by atoms with Gasteiger partial charge in [-0.2, -0.15) is 5.10 Å². The maximum Gasteiger partial charge on any atom is 0.420 e. The van der Waals surface area contributed by atoms with E-state index < -0.39 is 11.7 Å². The van der Waals surface area contributed by atoms with Crippen LogP contribution in [0.2, 0.25) is 0 Å². The number of benzene rings is 1. The SMILES string of the molecule is CC(C)(C)OC(=O)n1cnc2cc(-n3cccn3)c(NC(=O)C3(C)CC3)cc21. The number of hydrogen-bond donors (Lipinski definition) is 1. The number of nitrogens with zero attached hydrogens (tertiary/aromatic N) is 4. The third-order valence-corrected chi connectivity index (χ3v) is 4.80. The maximum absolute atomic E-state index is 12.6. The molecule has 0 radical (unpaired) electrons. The Morgan fingerprint density at radius 3 is 2.61 bits per heavy atom. The molecule has 0 saturated heterocycles. The molecule has 1 amide bonds. The predicted molar refractivity (Wildman–Crippen MR) is 104 cm³/mol. The second-order valence-electron chi connectivity index (χ2n) is 8.42. The van der Waals surface area contributed by atoms with E-state index in [9.17, 15) is 9.59 Å². The van der Waals surface area contributed by atoms with Crippen molar-refractivity contribution in [2.75, 3.05) is 5.32 Å². The Bertz CT molecular complexity index is 1060. The number of amides is 1. The molecular weight excluding hydrogens is 358 g/mol. The van der Waals surface area contributed by atoms with Crippen LogP contribution < -0.4 is 5.32 Å². The molecule has 2 heterocycles. The molecule has 146 valence electrons. The molecule has 1 aliphatic rings. The monoisotopic (exact) mass is 381 g/mol. The fourth-order valence-corrected chi connectivity index (χ4v) is 2.89. The number of rotatable bonds is 3. The van der Waals surface area contributed by atoms with Gasteiger partial charge in [-0.25, -0.2) is 19.0 Å². The van der Waals surface area contributed by atoms with E-state index in [-0.39, 0.29) is 11.3 Å². The number of fused-ring (bicyclic) bond motifs is 1. The number of nitrogens with one attached hydrogen (secondary N) is 1. The van der Waals surface area contributed by atoms with Crippen LogP contribution in [0.25, 0.3) is 16.7 Å². The third kappa shape index (κ3) is 3.37. The molecule has 1 fully saturated rings. The Morgan fingerprint density at radius 2 is 2.00 bits per heavy atom. The molecule has 1 N–H and O–H groups in total. The molecule has 2 aromatic heterocycles. The van der Waals surface area contributed by atoms with Crippen LogP contribution in [-0.2, 0) is 9.53 Å². The lowest BCUT2D eigenvalue weighted by Crippen LogP contribution is -2.26. The molecule has 1 aliphatic carbocycles. The van der Waals surface area contributed by atoms with E-state index >= 15 is 0 Å². The van der Waals surface area contributed by atoms with Crippen LogP contribution in [0.5, 0.6) is 0 Å². The minimum atomic E-state index is -0.625. The van der Waals surface area contributed by atoms with Gasteiger partial charge in [0, 0.05) is 17.8 Å². The molecular formula is C20H23N5O3. The zero-order chi connectivity index (χ0) is 20.1. The Kier molecular flexibility index (Phi) is 4.02. The maximum atomic E-state index is 12.6. The molecule has 1 aromatic carbocycles. The molecule has 0 unspecified atom stereocenters. The van der Waals surface area contributed by atoms with Gasteiger partial charge >= 0.3 is 6.09 Å². The van der Waals surface area contributed by atoms with Crippen LogP contribution >= 0.6 is 0 Å². The highest BCUT2D eigenvalue weighted by Crippen LogP contribution is 2.46. The first-order chi connectivity index (χ1) is 13.2. The summed E-state index contributed by atoms with van der Waals surface area (Å²) in [5.74, 6) is -0.0383. The molecule has 0 aliphatic heterocycles. The Morgan fingerprint density at radius 1 is 1.25 bits per heavy atom. The molecule has 0 spiro atoms. The topological polar surface area (TPSA) is 91.0 Å². The minimum absolute atomic E-state index is 0.0383. The summed E-state index contributed by atoms with van der Waals surface area (Å²) in [5.41, 5.74) is 1.46. The van der Waals surface area contributed by atoms with Gasteiger partial charge in [0.15, 0.2) is 0 Å². The van der Waals surface area contributed by atoms with Crippen molar-refractivity contribution in [3.05, 3.63) is 36.9 Å². The standard InChI is InChI=1S/C20H23N5O3/c1-19(2,3)28-18(27)24-12-21-13-10-16(25-9-5-8-22-25)14(11-15(13)24)23-17(26)20(4)6-7-20/h5,8-12H,6-7H2,1-4H3,(H,23,26). The normalized spacial score (nSPS) is 15.4. The van der Waals surface area contributed by atoms with Gasteiger partial charge in [0.2, 0.25) is 5.91 Å². The van der Waals surface area contributed by atoms with Gasteiger partial charge in [0.05, 0.1) is 22.4 Å². The third-order valence-electron chi connectivity index (χ3n) is 4.80. The lowest BCUT2D eigenvalue weighted by atomic mass is 10.1. The lowest BCUT2D eigenvalue weighted by Gasteiger charge is -2.20. The first-order valence-corrected chi connectivity index (χ1v) is 9.22. The average Bonchev–Trinajstić information content (AvgIpc) is 3.02. The highest BCUT2D eigenvalue weighted by molar-refractivity contribution is 6.01. The van der Waals surface area contributed by atoms with Crippen molar-refractivity contribution in [2.24, 2.45) is 5.41 Å². The van der Waals surface area contributed by atoms with Crippen LogP contribution in [0.1, 0.15) is 40.5 Å². The van der Waals surface area contributed by atoms with Gasteiger partial charge in [-0.15, -0.1) is 0 Å². The Hall–Kier alpha value is -3.16. The molecule has 4 rings (SSSR count). The van der Waals surface area contributed by atoms with Gasteiger partial charge < -0.3 is 10.1 Å². The molecule has 1 saturated carbocycles. The van der Waals surface area contributed by atoms with E-state index in [4.69, 9.17) is 4.74 Å². The minimum Gasteiger partial charge on any atom is -0.443 e. The van der Waals surface area contributed by atoms with Crippen molar-refractivity contribution >= 4 is 28.7 Å². The lowest BCUT2D eigenvalue weighted by molar-refractivity contribution is -0.120. The first kappa shape index (κ1) is 18.2. The summed E-state index contributed by atoms with van der Waals surface area (Å²) in [4.78, 5) is 29.5. The van der Waals surface area contributed by atoms with Gasteiger partial charge in [-0.05, 0) is 51.8 Å². The van der Waals surface area contributed by atoms with E-state index in [2.05, 4.69) is 15.4 Å². The second kappa shape index (κ2) is 6.19. The van der Waals surface area contributed by atoms with Crippen LogP contribution in [0.15, 0.2) is 36.9 Å². The number of carbonyl (C=O) groups excluding carboxylic acids is 2. The van der Waals surface area contributed by atoms with Gasteiger partial charge in [-0.1, -0.05) is 6.92 Å². The van der Waals surface area contributed by atoms with E-state index in [0.29, 0.717) is 22.4 Å². The molecule has 3 aromatic rings. The fraction of sp³-hybridized carbons (Fsp3) is 0.400. The summed E-state index contributed by atoms with van der Waals surface area (Å²) in [5, 5.41) is 7.27. The van der Waals surface area contributed by atoms with Crippen molar-refractivity contribution < 1.29 is 14.3 Å². The quantitative estimate of drug-likeness (QED) is 0.746. The molecule has 8 nitrogen and oxygen atoms in total. The van der Waals surface area contributed by atoms with E-state index in [1.165, 1.54) is 10.9 Å².